The molecule has 3 rings (SSSR count). The van der Waals surface area contributed by atoms with Gasteiger partial charge in [0.1, 0.15) is 5.58 Å². The molecule has 0 fully saturated rings. The first kappa shape index (κ1) is 15.9. The van der Waals surface area contributed by atoms with Crippen molar-refractivity contribution < 1.29 is 13.9 Å². The minimum Gasteiger partial charge on any atom is -0.460 e. The summed E-state index contributed by atoms with van der Waals surface area (Å²) in [7, 11) is 0. The van der Waals surface area contributed by atoms with Gasteiger partial charge in [-0.1, -0.05) is 27.7 Å². The van der Waals surface area contributed by atoms with Crippen molar-refractivity contribution in [2.45, 2.75) is 17.8 Å². The highest BCUT2D eigenvalue weighted by Gasteiger charge is 2.22. The molecule has 0 atom stereocenters. The number of hydrogen-bond donors (Lipinski definition) is 2. The molecule has 7 nitrogen and oxygen atoms in total. The van der Waals surface area contributed by atoms with E-state index in [0.29, 0.717) is 16.5 Å². The summed E-state index contributed by atoms with van der Waals surface area (Å²) >= 11 is 4.78. The van der Waals surface area contributed by atoms with Crippen molar-refractivity contribution in [3.05, 3.63) is 34.0 Å². The van der Waals surface area contributed by atoms with E-state index in [2.05, 4.69) is 31.1 Å². The summed E-state index contributed by atoms with van der Waals surface area (Å²) in [6.07, 6.45) is 0. The summed E-state index contributed by atoms with van der Waals surface area (Å²) in [6, 6.07) is 5.57. The molecule has 0 saturated carbocycles. The number of benzene rings is 1. The fraction of sp³-hybridized carbons (Fsp3) is 0.214. The van der Waals surface area contributed by atoms with Gasteiger partial charge in [0, 0.05) is 21.2 Å². The van der Waals surface area contributed by atoms with Gasteiger partial charge in [-0.25, -0.2) is 9.89 Å². The number of H-pyrrole nitrogens is 1. The number of carbonyl (C=O) groups is 1. The average Bonchev–Trinajstić information content (AvgIpc) is 3.08. The van der Waals surface area contributed by atoms with Crippen LogP contribution in [0.2, 0.25) is 0 Å². The minimum absolute atomic E-state index is 0.205. The van der Waals surface area contributed by atoms with Crippen molar-refractivity contribution in [3.63, 3.8) is 0 Å². The maximum Gasteiger partial charge on any atom is 0.374 e. The van der Waals surface area contributed by atoms with Crippen LogP contribution in [0.1, 0.15) is 23.0 Å². The van der Waals surface area contributed by atoms with Crippen LogP contribution in [0.15, 0.2) is 32.2 Å². The number of aromatic nitrogens is 3. The fourth-order valence-electron chi connectivity index (χ4n) is 2.09. The van der Waals surface area contributed by atoms with Gasteiger partial charge in [0.05, 0.1) is 6.61 Å². The van der Waals surface area contributed by atoms with Crippen LogP contribution in [0, 0.1) is 0 Å². The van der Waals surface area contributed by atoms with Crippen LogP contribution >= 0.6 is 27.7 Å². The molecule has 0 aliphatic heterocycles. The number of anilines is 1. The second kappa shape index (κ2) is 6.63. The normalized spacial score (nSPS) is 11.0. The molecule has 1 aromatic carbocycles. The molecule has 3 aromatic rings. The van der Waals surface area contributed by atoms with Crippen molar-refractivity contribution in [1.82, 2.24) is 15.2 Å². The van der Waals surface area contributed by atoms with E-state index in [1.807, 2.05) is 12.1 Å². The van der Waals surface area contributed by atoms with E-state index in [9.17, 15) is 4.79 Å². The molecule has 2 aromatic heterocycles. The number of aromatic amines is 1. The third kappa shape index (κ3) is 3.35. The molecule has 0 spiro atoms. The molecule has 0 unspecified atom stereocenters. The molecular formula is C14H13BrN4O3S. The van der Waals surface area contributed by atoms with Crippen molar-refractivity contribution in [1.29, 1.82) is 0 Å². The third-order valence-corrected chi connectivity index (χ3v) is 4.41. The predicted octanol–water partition coefficient (Wildman–Crippen LogP) is 3.36. The zero-order chi connectivity index (χ0) is 16.4. The van der Waals surface area contributed by atoms with E-state index < -0.39 is 5.97 Å². The van der Waals surface area contributed by atoms with Gasteiger partial charge in [0.25, 0.3) is 0 Å². The first-order valence-corrected chi connectivity index (χ1v) is 8.55. The lowest BCUT2D eigenvalue weighted by Gasteiger charge is -2.02. The maximum atomic E-state index is 12.1. The molecule has 0 amide bonds. The second-order valence-electron chi connectivity index (χ2n) is 4.56. The van der Waals surface area contributed by atoms with E-state index in [4.69, 9.17) is 14.9 Å². The predicted molar refractivity (Wildman–Crippen MR) is 90.2 cm³/mol. The molecule has 0 aliphatic carbocycles. The Morgan fingerprint density at radius 1 is 1.52 bits per heavy atom. The average molecular weight is 397 g/mol. The van der Waals surface area contributed by atoms with Gasteiger partial charge in [-0.15, -0.1) is 5.10 Å². The molecule has 23 heavy (non-hydrogen) atoms. The molecule has 0 aliphatic rings. The Balaban J connectivity index is 1.98. The molecule has 120 valence electrons. The zero-order valence-electron chi connectivity index (χ0n) is 12.1. The van der Waals surface area contributed by atoms with Crippen molar-refractivity contribution in [2.24, 2.45) is 0 Å². The van der Waals surface area contributed by atoms with E-state index in [1.54, 1.807) is 13.0 Å². The largest absolute Gasteiger partial charge is 0.460 e. The van der Waals surface area contributed by atoms with Gasteiger partial charge in [-0.05, 0) is 25.1 Å². The Morgan fingerprint density at radius 2 is 2.35 bits per heavy atom. The number of ether oxygens (including phenoxy) is 1. The number of nitrogens with one attached hydrogen (secondary N) is 1. The quantitative estimate of drug-likeness (QED) is 0.502. The number of esters is 1. The molecule has 0 radical (unpaired) electrons. The Hall–Kier alpha value is -2.00. The van der Waals surface area contributed by atoms with Crippen LogP contribution in [0.3, 0.4) is 0 Å². The zero-order valence-corrected chi connectivity index (χ0v) is 14.5. The topological polar surface area (TPSA) is 107 Å². The number of nitrogens with two attached hydrogens (primary N) is 1. The van der Waals surface area contributed by atoms with E-state index in [-0.39, 0.29) is 18.3 Å². The smallest absolute Gasteiger partial charge is 0.374 e. The van der Waals surface area contributed by atoms with Gasteiger partial charge >= 0.3 is 5.97 Å². The van der Waals surface area contributed by atoms with Crippen LogP contribution in [-0.4, -0.2) is 27.8 Å². The van der Waals surface area contributed by atoms with Gasteiger partial charge in [-0.2, -0.15) is 4.98 Å². The van der Waals surface area contributed by atoms with Crippen LogP contribution in [-0.2, 0) is 10.5 Å². The number of carbonyl (C=O) groups excluding carboxylic acids is 1. The van der Waals surface area contributed by atoms with E-state index in [0.717, 1.165) is 15.4 Å². The Bertz CT molecular complexity index is 861. The molecule has 0 saturated heterocycles. The second-order valence-corrected chi connectivity index (χ2v) is 6.42. The standard InChI is InChI=1S/C14H13BrN4O3S/c1-2-21-12(20)11-9(6-23-14-17-13(16)18-19-14)8-5-7(15)3-4-10(8)22-11/h3-5H,2,6H2,1H3,(H3,16,17,18,19). The summed E-state index contributed by atoms with van der Waals surface area (Å²) in [6.45, 7) is 2.03. The van der Waals surface area contributed by atoms with Crippen molar-refractivity contribution in [3.8, 4) is 0 Å². The van der Waals surface area contributed by atoms with Crippen LogP contribution < -0.4 is 5.73 Å². The number of hydrogen-bond acceptors (Lipinski definition) is 7. The van der Waals surface area contributed by atoms with Gasteiger partial charge in [-0.3, -0.25) is 0 Å². The lowest BCUT2D eigenvalue weighted by atomic mass is 10.1. The number of rotatable bonds is 5. The van der Waals surface area contributed by atoms with E-state index >= 15 is 0 Å². The van der Waals surface area contributed by atoms with Gasteiger partial charge < -0.3 is 14.9 Å². The number of halogens is 1. The lowest BCUT2D eigenvalue weighted by Crippen LogP contribution is -2.05. The third-order valence-electron chi connectivity index (χ3n) is 3.04. The fourth-order valence-corrected chi connectivity index (χ4v) is 3.28. The van der Waals surface area contributed by atoms with Gasteiger partial charge in [0.15, 0.2) is 0 Å². The van der Waals surface area contributed by atoms with Crippen molar-refractivity contribution in [2.75, 3.05) is 12.3 Å². The number of nitrogens with zero attached hydrogens (tertiary/aromatic N) is 2. The van der Waals surface area contributed by atoms with Gasteiger partial charge in [0.2, 0.25) is 16.9 Å². The number of thioether (sulfide) groups is 1. The lowest BCUT2D eigenvalue weighted by molar-refractivity contribution is 0.0491. The first-order chi connectivity index (χ1) is 11.1. The Labute approximate surface area is 144 Å². The molecule has 0 bridgehead atoms. The number of furan rings is 1. The summed E-state index contributed by atoms with van der Waals surface area (Å²) in [4.78, 5) is 16.2. The molecule has 9 heteroatoms. The maximum absolute atomic E-state index is 12.1. The minimum atomic E-state index is -0.482. The Kier molecular flexibility index (Phi) is 4.58. The number of fused-ring (bicyclic) bond motifs is 1. The monoisotopic (exact) mass is 396 g/mol. The molecule has 3 N–H and O–H groups in total. The number of nitrogen functional groups attached to an aromatic ring is 1. The van der Waals surface area contributed by atoms with Crippen LogP contribution in [0.4, 0.5) is 5.95 Å². The molecular weight excluding hydrogens is 384 g/mol. The first-order valence-electron chi connectivity index (χ1n) is 6.77. The van der Waals surface area contributed by atoms with Crippen LogP contribution in [0.5, 0.6) is 0 Å². The SMILES string of the molecule is CCOC(=O)c1oc2ccc(Br)cc2c1CSc1n[nH]c(N)n1. The van der Waals surface area contributed by atoms with Crippen molar-refractivity contribution >= 4 is 50.6 Å². The Morgan fingerprint density at radius 3 is 3.04 bits per heavy atom. The van der Waals surface area contributed by atoms with Crippen LogP contribution in [0.25, 0.3) is 11.0 Å². The molecule has 2 heterocycles. The summed E-state index contributed by atoms with van der Waals surface area (Å²) < 4.78 is 11.7. The summed E-state index contributed by atoms with van der Waals surface area (Å²) in [5.41, 5.74) is 6.88. The highest BCUT2D eigenvalue weighted by molar-refractivity contribution is 9.10. The summed E-state index contributed by atoms with van der Waals surface area (Å²) in [5.74, 6) is 0.424. The van der Waals surface area contributed by atoms with E-state index in [1.165, 1.54) is 11.8 Å². The highest BCUT2D eigenvalue weighted by atomic mass is 79.9. The summed E-state index contributed by atoms with van der Waals surface area (Å²) in [5, 5.41) is 7.89. The highest BCUT2D eigenvalue weighted by Crippen LogP contribution is 2.33.